The summed E-state index contributed by atoms with van der Waals surface area (Å²) in [6.45, 7) is 16.5. The van der Waals surface area contributed by atoms with Crippen molar-refractivity contribution in [2.75, 3.05) is 0 Å². The Kier molecular flexibility index (Phi) is 11.7. The van der Waals surface area contributed by atoms with E-state index in [1.165, 1.54) is 30.7 Å². The van der Waals surface area contributed by atoms with Crippen molar-refractivity contribution in [1.82, 2.24) is 0 Å². The summed E-state index contributed by atoms with van der Waals surface area (Å²) < 4.78 is 0. The molecular weight excluding hydrogens is 573 g/mol. The molecule has 4 nitrogen and oxygen atoms in total. The van der Waals surface area contributed by atoms with Gasteiger partial charge < -0.3 is 10.2 Å². The third-order valence-electron chi connectivity index (χ3n) is 8.76. The molecule has 0 amide bonds. The highest BCUT2D eigenvalue weighted by Gasteiger charge is 2.31. The van der Waals surface area contributed by atoms with Crippen molar-refractivity contribution < 1.29 is 19.8 Å². The molecule has 1 aromatic rings. The Morgan fingerprint density at radius 1 is 0.698 bits per heavy atom. The summed E-state index contributed by atoms with van der Waals surface area (Å²) in [6, 6.07) is 8.74. The number of allylic oxidation sites excluding steroid dienone is 6. The molecule has 2 aliphatic rings. The minimum atomic E-state index is -0.726. The molecule has 236 valence electrons. The van der Waals surface area contributed by atoms with Gasteiger partial charge in [0.1, 0.15) is 0 Å². The van der Waals surface area contributed by atoms with E-state index in [0.29, 0.717) is 19.3 Å². The van der Waals surface area contributed by atoms with Crippen LogP contribution in [0, 0.1) is 21.7 Å². The fourth-order valence-corrected chi connectivity index (χ4v) is 8.72. The first kappa shape index (κ1) is 35.3. The van der Waals surface area contributed by atoms with Gasteiger partial charge in [0.15, 0.2) is 0 Å². The molecule has 0 bridgehead atoms. The van der Waals surface area contributed by atoms with Gasteiger partial charge in [0.2, 0.25) is 0 Å². The largest absolute Gasteiger partial charge is 0.481 e. The van der Waals surface area contributed by atoms with E-state index >= 15 is 0 Å². The molecule has 1 aromatic carbocycles. The van der Waals surface area contributed by atoms with Crippen LogP contribution in [-0.4, -0.2) is 22.2 Å². The van der Waals surface area contributed by atoms with Crippen LogP contribution in [0.4, 0.5) is 0 Å². The molecule has 0 radical (unpaired) electrons. The number of thioether (sulfide) groups is 2. The van der Waals surface area contributed by atoms with Crippen LogP contribution in [0.3, 0.4) is 0 Å². The zero-order chi connectivity index (χ0) is 32.1. The monoisotopic (exact) mass is 624 g/mol. The lowest BCUT2D eigenvalue weighted by atomic mass is 9.82. The summed E-state index contributed by atoms with van der Waals surface area (Å²) in [7, 11) is 0. The van der Waals surface area contributed by atoms with E-state index in [1.807, 2.05) is 51.2 Å². The van der Waals surface area contributed by atoms with Gasteiger partial charge in [-0.15, -0.1) is 0 Å². The van der Waals surface area contributed by atoms with Gasteiger partial charge in [0, 0.05) is 20.6 Å². The fourth-order valence-electron chi connectivity index (χ4n) is 5.64. The number of unbranched alkanes of at least 4 members (excludes halogenated alkanes) is 2. The first-order valence-corrected chi connectivity index (χ1v) is 17.4. The Morgan fingerprint density at radius 3 is 1.53 bits per heavy atom. The Hall–Kier alpha value is -2.18. The highest BCUT2D eigenvalue weighted by molar-refractivity contribution is 8.12. The van der Waals surface area contributed by atoms with Crippen molar-refractivity contribution in [3.8, 4) is 0 Å². The molecule has 0 spiro atoms. The molecule has 2 heterocycles. The van der Waals surface area contributed by atoms with Crippen molar-refractivity contribution in [3.05, 3.63) is 69.5 Å². The summed E-state index contributed by atoms with van der Waals surface area (Å²) in [5.74, 6) is -1.42. The van der Waals surface area contributed by atoms with Gasteiger partial charge in [-0.3, -0.25) is 9.59 Å². The molecule has 0 fully saturated rings. The topological polar surface area (TPSA) is 74.6 Å². The van der Waals surface area contributed by atoms with Crippen LogP contribution in [-0.2, 0) is 9.59 Å². The number of aliphatic carboxylic acids is 2. The van der Waals surface area contributed by atoms with Crippen LogP contribution >= 0.6 is 23.5 Å². The molecule has 2 N–H and O–H groups in total. The predicted octanol–water partition coefficient (Wildman–Crippen LogP) is 11.4. The van der Waals surface area contributed by atoms with Crippen molar-refractivity contribution in [2.45, 2.75) is 113 Å². The van der Waals surface area contributed by atoms with Crippen LogP contribution in [0.25, 0.3) is 9.81 Å². The molecule has 0 saturated heterocycles. The Bertz CT molecular complexity index is 1310. The zero-order valence-electron chi connectivity index (χ0n) is 27.5. The summed E-state index contributed by atoms with van der Waals surface area (Å²) in [5, 5.41) is 19.1. The van der Waals surface area contributed by atoms with Gasteiger partial charge in [-0.2, -0.15) is 0 Å². The highest BCUT2D eigenvalue weighted by atomic mass is 32.2. The first-order valence-electron chi connectivity index (χ1n) is 15.8. The van der Waals surface area contributed by atoms with Gasteiger partial charge in [0.05, 0.1) is 10.8 Å². The van der Waals surface area contributed by atoms with Crippen molar-refractivity contribution >= 4 is 45.3 Å². The predicted molar refractivity (Wildman–Crippen MR) is 186 cm³/mol. The third kappa shape index (κ3) is 9.91. The molecule has 43 heavy (non-hydrogen) atoms. The lowest BCUT2D eigenvalue weighted by Gasteiger charge is -2.30. The number of rotatable bonds is 15. The smallest absolute Gasteiger partial charge is 0.309 e. The summed E-state index contributed by atoms with van der Waals surface area (Å²) >= 11 is 3.72. The van der Waals surface area contributed by atoms with Gasteiger partial charge in [-0.05, 0) is 86.7 Å². The Balaban J connectivity index is 1.73. The van der Waals surface area contributed by atoms with Crippen LogP contribution in [0.1, 0.15) is 124 Å². The van der Waals surface area contributed by atoms with Crippen molar-refractivity contribution in [3.63, 3.8) is 0 Å². The number of benzene rings is 1. The molecule has 0 aliphatic carbocycles. The first-order chi connectivity index (χ1) is 20.0. The Morgan fingerprint density at radius 2 is 1.14 bits per heavy atom. The maximum atomic E-state index is 11.7. The maximum Gasteiger partial charge on any atom is 0.309 e. The number of hydrogen-bond donors (Lipinski definition) is 2. The minimum absolute atomic E-state index is 0.0648. The van der Waals surface area contributed by atoms with E-state index in [2.05, 4.69) is 76.3 Å². The van der Waals surface area contributed by atoms with Crippen molar-refractivity contribution in [1.29, 1.82) is 0 Å². The molecule has 1 unspecified atom stereocenters. The number of carbonyl (C=O) groups is 2. The van der Waals surface area contributed by atoms with E-state index in [1.54, 1.807) is 0 Å². The Labute approximate surface area is 268 Å². The molecule has 2 aliphatic heterocycles. The maximum absolute atomic E-state index is 11.7. The van der Waals surface area contributed by atoms with Gasteiger partial charge >= 0.3 is 11.9 Å². The zero-order valence-corrected chi connectivity index (χ0v) is 29.1. The van der Waals surface area contributed by atoms with Gasteiger partial charge in [-0.25, -0.2) is 0 Å². The second-order valence-corrected chi connectivity index (χ2v) is 16.8. The average molecular weight is 625 g/mol. The quantitative estimate of drug-likeness (QED) is 0.189. The van der Waals surface area contributed by atoms with Crippen LogP contribution in [0.2, 0.25) is 0 Å². The van der Waals surface area contributed by atoms with Crippen LogP contribution in [0.15, 0.2) is 58.4 Å². The van der Waals surface area contributed by atoms with Gasteiger partial charge in [0.25, 0.3) is 0 Å². The highest BCUT2D eigenvalue weighted by Crippen LogP contribution is 2.51. The second-order valence-electron chi connectivity index (χ2n) is 14.5. The van der Waals surface area contributed by atoms with Gasteiger partial charge in [-0.1, -0.05) is 120 Å². The molecule has 1 atom stereocenters. The number of carboxylic acids is 2. The van der Waals surface area contributed by atoms with Crippen LogP contribution < -0.4 is 0 Å². The second kappa shape index (κ2) is 14.3. The summed E-state index contributed by atoms with van der Waals surface area (Å²) in [4.78, 5) is 28.5. The molecule has 0 aromatic heterocycles. The fraction of sp³-hybridized carbons (Fsp3) is 0.568. The standard InChI is InChI=1S/C37H52O4S2/c1-9-37(8,33(40)41)21-15-13-17-27-23-35(4,5)25-31(43-27)29-19-11-10-18-28(29)30-24-34(2,3)22-26(42-30)16-12-14-20-36(6,7)32(38)39/h10-11,18-19,22-25H,9,12-17,20-21H2,1-8H3,(H,38,39)(H,40,41). The minimum Gasteiger partial charge on any atom is -0.481 e. The number of carboxylic acid groups (broad SMARTS) is 2. The van der Waals surface area contributed by atoms with Crippen LogP contribution in [0.5, 0.6) is 0 Å². The normalized spacial score (nSPS) is 19.4. The van der Waals surface area contributed by atoms with E-state index < -0.39 is 22.8 Å². The molecular formula is C37H52O4S2. The van der Waals surface area contributed by atoms with E-state index in [4.69, 9.17) is 0 Å². The lowest BCUT2D eigenvalue weighted by molar-refractivity contribution is -0.149. The molecule has 6 heteroatoms. The van der Waals surface area contributed by atoms with E-state index in [0.717, 1.165) is 38.5 Å². The van der Waals surface area contributed by atoms with Crippen molar-refractivity contribution in [2.24, 2.45) is 21.7 Å². The van der Waals surface area contributed by atoms with E-state index in [-0.39, 0.29) is 10.8 Å². The summed E-state index contributed by atoms with van der Waals surface area (Å²) in [5.41, 5.74) is 1.07. The molecule has 0 saturated carbocycles. The third-order valence-corrected chi connectivity index (χ3v) is 11.0. The molecule has 3 rings (SSSR count). The number of hydrogen-bond acceptors (Lipinski definition) is 4. The average Bonchev–Trinajstić information content (AvgIpc) is 2.91. The SMILES string of the molecule is CCC(C)(CCCCC1=CC(C)(C)C=C(c2ccccc2C2=CC(C)(C)C=C(CCCCC(C)(C)C(=O)O)S2)S1)C(=O)O. The summed E-state index contributed by atoms with van der Waals surface area (Å²) in [6.07, 6.45) is 17.3. The van der Waals surface area contributed by atoms with E-state index in [9.17, 15) is 19.8 Å². The lowest BCUT2D eigenvalue weighted by Crippen LogP contribution is -2.26.